The third-order valence-electron chi connectivity index (χ3n) is 8.67. The van der Waals surface area contributed by atoms with E-state index in [1.807, 2.05) is 6.92 Å². The lowest BCUT2D eigenvalue weighted by Crippen LogP contribution is -2.58. The molecule has 0 aromatic heterocycles. The van der Waals surface area contributed by atoms with Gasteiger partial charge in [0, 0.05) is 24.7 Å². The second-order valence-electron chi connectivity index (χ2n) is 11.7. The lowest BCUT2D eigenvalue weighted by atomic mass is 9.79. The van der Waals surface area contributed by atoms with Crippen LogP contribution in [0.15, 0.2) is 36.4 Å². The first-order valence-electron chi connectivity index (χ1n) is 13.4. The Morgan fingerprint density at radius 2 is 1.68 bits per heavy atom. The molecule has 2 aromatic carbocycles. The van der Waals surface area contributed by atoms with Gasteiger partial charge in [0.2, 0.25) is 0 Å². The van der Waals surface area contributed by atoms with Crippen molar-refractivity contribution in [1.29, 1.82) is 0 Å². The number of urea groups is 1. The summed E-state index contributed by atoms with van der Waals surface area (Å²) in [6.45, 7) is 5.17. The molecule has 2 aromatic rings. The van der Waals surface area contributed by atoms with E-state index in [0.29, 0.717) is 42.5 Å². The number of carbonyl (C=O) groups is 1. The zero-order chi connectivity index (χ0) is 30.5. The smallest absolute Gasteiger partial charge is 0.394 e. The van der Waals surface area contributed by atoms with Crippen LogP contribution in [0.25, 0.3) is 0 Å². The second-order valence-corrected chi connectivity index (χ2v) is 11.7. The zero-order valence-electron chi connectivity index (χ0n) is 23.3. The minimum Gasteiger partial charge on any atom is -0.394 e. The Labute approximate surface area is 234 Å². The van der Waals surface area contributed by atoms with Gasteiger partial charge in [-0.25, -0.2) is 9.18 Å². The molecule has 2 heterocycles. The standard InChI is InChI=1S/C29H34F7N3O2/c1-17-11-22(30)5-6-23(17)24-15-27(8-7-26(3,16-40)37-27)9-10-39(24)25(41)38(4)18(2)19-12-20(28(31,32)33)14-21(13-19)29(34,35)36/h5-6,11-14,18,24,37,40H,7-10,15-16H2,1-4H3/t18-,24-,26+,27?/m1/s1. The van der Waals surface area contributed by atoms with Crippen LogP contribution in [0.5, 0.6) is 0 Å². The van der Waals surface area contributed by atoms with Crippen LogP contribution in [0.1, 0.15) is 79.4 Å². The van der Waals surface area contributed by atoms with Crippen LogP contribution >= 0.6 is 0 Å². The quantitative estimate of drug-likeness (QED) is 0.378. The first-order chi connectivity index (χ1) is 18.9. The molecule has 2 aliphatic rings. The highest BCUT2D eigenvalue weighted by Crippen LogP contribution is 2.46. The molecule has 0 saturated carbocycles. The van der Waals surface area contributed by atoms with E-state index in [2.05, 4.69) is 5.32 Å². The molecule has 2 amide bonds. The molecule has 0 radical (unpaired) electrons. The number of aryl methyl sites for hydroxylation is 1. The minimum absolute atomic E-state index is 0.0597. The number of amides is 2. The van der Waals surface area contributed by atoms with Gasteiger partial charge in [-0.2, -0.15) is 26.3 Å². The summed E-state index contributed by atoms with van der Waals surface area (Å²) in [6.07, 6.45) is -7.62. The Bertz CT molecular complexity index is 1270. The molecule has 41 heavy (non-hydrogen) atoms. The summed E-state index contributed by atoms with van der Waals surface area (Å²) in [5.74, 6) is -0.447. The lowest BCUT2D eigenvalue weighted by molar-refractivity contribution is -0.143. The van der Waals surface area contributed by atoms with E-state index in [9.17, 15) is 40.6 Å². The topological polar surface area (TPSA) is 55.8 Å². The fourth-order valence-corrected chi connectivity index (χ4v) is 6.14. The summed E-state index contributed by atoms with van der Waals surface area (Å²) >= 11 is 0. The summed E-state index contributed by atoms with van der Waals surface area (Å²) in [5, 5.41) is 13.5. The number of likely N-dealkylation sites (tertiary alicyclic amines) is 1. The molecule has 0 aliphatic carbocycles. The van der Waals surface area contributed by atoms with E-state index in [-0.39, 0.29) is 24.8 Å². The van der Waals surface area contributed by atoms with Gasteiger partial charge in [-0.3, -0.25) is 0 Å². The van der Waals surface area contributed by atoms with Crippen LogP contribution in [-0.2, 0) is 12.4 Å². The molecular formula is C29H34F7N3O2. The van der Waals surface area contributed by atoms with E-state index in [0.717, 1.165) is 11.3 Å². The van der Waals surface area contributed by atoms with Crippen LogP contribution in [0, 0.1) is 12.7 Å². The molecule has 1 unspecified atom stereocenters. The summed E-state index contributed by atoms with van der Waals surface area (Å²) in [6, 6.07) is 3.32. The van der Waals surface area contributed by atoms with Gasteiger partial charge < -0.3 is 20.2 Å². The average Bonchev–Trinajstić information content (AvgIpc) is 3.22. The highest BCUT2D eigenvalue weighted by atomic mass is 19.4. The third kappa shape index (κ3) is 6.33. The highest BCUT2D eigenvalue weighted by molar-refractivity contribution is 5.75. The van der Waals surface area contributed by atoms with Gasteiger partial charge in [0.1, 0.15) is 5.82 Å². The number of rotatable bonds is 4. The van der Waals surface area contributed by atoms with Crippen LogP contribution in [0.3, 0.4) is 0 Å². The second kappa shape index (κ2) is 10.8. The van der Waals surface area contributed by atoms with Crippen molar-refractivity contribution in [2.75, 3.05) is 20.2 Å². The largest absolute Gasteiger partial charge is 0.416 e. The number of nitrogens with one attached hydrogen (secondary N) is 1. The van der Waals surface area contributed by atoms with Crippen molar-refractivity contribution < 1.29 is 40.6 Å². The SMILES string of the molecule is Cc1cc(F)ccc1[C@H]1CC2(CCN1C(=O)N(C)[C@H](C)c1cc(C(F)(F)F)cc(C(F)(F)F)c1)CC[C@@](C)(CO)N2. The molecule has 12 heteroatoms. The van der Waals surface area contributed by atoms with Gasteiger partial charge >= 0.3 is 18.4 Å². The summed E-state index contributed by atoms with van der Waals surface area (Å²) in [4.78, 5) is 16.6. The van der Waals surface area contributed by atoms with E-state index in [4.69, 9.17) is 0 Å². The first-order valence-corrected chi connectivity index (χ1v) is 13.4. The van der Waals surface area contributed by atoms with Crippen molar-refractivity contribution in [3.05, 3.63) is 70.0 Å². The van der Waals surface area contributed by atoms with E-state index >= 15 is 0 Å². The molecule has 2 fully saturated rings. The number of aliphatic hydroxyl groups excluding tert-OH is 1. The Morgan fingerprint density at radius 3 is 2.20 bits per heavy atom. The van der Waals surface area contributed by atoms with E-state index in [1.165, 1.54) is 26.1 Å². The molecule has 226 valence electrons. The predicted octanol–water partition coefficient (Wildman–Crippen LogP) is 6.99. The Morgan fingerprint density at radius 1 is 1.07 bits per heavy atom. The maximum atomic E-state index is 14.0. The maximum absolute atomic E-state index is 14.0. The maximum Gasteiger partial charge on any atom is 0.416 e. The molecule has 4 rings (SSSR count). The van der Waals surface area contributed by atoms with Crippen LogP contribution < -0.4 is 5.32 Å². The van der Waals surface area contributed by atoms with Crippen molar-refractivity contribution >= 4 is 6.03 Å². The number of piperidine rings is 1. The fraction of sp³-hybridized carbons (Fsp3) is 0.552. The summed E-state index contributed by atoms with van der Waals surface area (Å²) < 4.78 is 94.8. The molecule has 2 saturated heterocycles. The Hall–Kier alpha value is -2.86. The van der Waals surface area contributed by atoms with Gasteiger partial charge in [-0.1, -0.05) is 6.07 Å². The van der Waals surface area contributed by atoms with Gasteiger partial charge in [-0.15, -0.1) is 0 Å². The number of benzene rings is 2. The molecule has 0 bridgehead atoms. The van der Waals surface area contributed by atoms with Gasteiger partial charge in [0.15, 0.2) is 0 Å². The van der Waals surface area contributed by atoms with Crippen molar-refractivity contribution in [1.82, 2.24) is 15.1 Å². The third-order valence-corrected chi connectivity index (χ3v) is 8.67. The van der Waals surface area contributed by atoms with Crippen LogP contribution in [0.4, 0.5) is 35.5 Å². The van der Waals surface area contributed by atoms with Crippen LogP contribution in [-0.4, -0.2) is 52.2 Å². The highest BCUT2D eigenvalue weighted by Gasteiger charge is 2.50. The number of aliphatic hydroxyl groups is 1. The number of hydrogen-bond donors (Lipinski definition) is 2. The number of carbonyl (C=O) groups excluding carboxylic acids is 1. The molecule has 4 atom stereocenters. The van der Waals surface area contributed by atoms with E-state index < -0.39 is 58.5 Å². The Balaban J connectivity index is 1.68. The number of halogens is 7. The van der Waals surface area contributed by atoms with E-state index in [1.54, 1.807) is 17.9 Å². The summed E-state index contributed by atoms with van der Waals surface area (Å²) in [5.41, 5.74) is -2.81. The monoisotopic (exact) mass is 589 g/mol. The molecule has 5 nitrogen and oxygen atoms in total. The molecule has 2 aliphatic heterocycles. The first kappa shape index (κ1) is 31.1. The van der Waals surface area contributed by atoms with Crippen molar-refractivity contribution in [3.63, 3.8) is 0 Å². The minimum atomic E-state index is -5.01. The summed E-state index contributed by atoms with van der Waals surface area (Å²) in [7, 11) is 1.34. The molecular weight excluding hydrogens is 555 g/mol. The lowest BCUT2D eigenvalue weighted by Gasteiger charge is -2.48. The van der Waals surface area contributed by atoms with Gasteiger partial charge in [-0.05, 0) is 93.5 Å². The Kier molecular flexibility index (Phi) is 8.16. The normalized spacial score (nSPS) is 26.0. The molecule has 1 spiro atoms. The van der Waals surface area contributed by atoms with Crippen LogP contribution in [0.2, 0.25) is 0 Å². The van der Waals surface area contributed by atoms with Crippen molar-refractivity contribution in [2.45, 2.75) is 82.0 Å². The fourth-order valence-electron chi connectivity index (χ4n) is 6.14. The van der Waals surface area contributed by atoms with Gasteiger partial charge in [0.25, 0.3) is 0 Å². The predicted molar refractivity (Wildman–Crippen MR) is 138 cm³/mol. The average molecular weight is 590 g/mol. The number of hydrogen-bond acceptors (Lipinski definition) is 3. The molecule has 2 N–H and O–H groups in total. The number of alkyl halides is 6. The van der Waals surface area contributed by atoms with Gasteiger partial charge in [0.05, 0.1) is 29.8 Å². The van der Waals surface area contributed by atoms with Crippen molar-refractivity contribution in [3.8, 4) is 0 Å². The number of nitrogens with zero attached hydrogens (tertiary/aromatic N) is 2. The van der Waals surface area contributed by atoms with Crippen molar-refractivity contribution in [2.24, 2.45) is 0 Å². The zero-order valence-corrected chi connectivity index (χ0v) is 23.3.